The fourth-order valence-electron chi connectivity index (χ4n) is 3.58. The molecule has 1 saturated carbocycles. The Hall–Kier alpha value is -2.16. The van der Waals surface area contributed by atoms with Crippen molar-refractivity contribution in [2.45, 2.75) is 37.4 Å². The van der Waals surface area contributed by atoms with Crippen LogP contribution in [0.15, 0.2) is 29.2 Å². The lowest BCUT2D eigenvalue weighted by atomic mass is 9.83. The lowest BCUT2D eigenvalue weighted by Gasteiger charge is -2.35. The van der Waals surface area contributed by atoms with Crippen LogP contribution in [0.25, 0.3) is 11.3 Å². The number of nitrogens with two attached hydrogens (primary N) is 1. The third kappa shape index (κ3) is 2.72. The minimum Gasteiger partial charge on any atom is -0.348 e. The fourth-order valence-corrected chi connectivity index (χ4v) is 3.58. The highest BCUT2D eigenvalue weighted by Crippen LogP contribution is 2.41. The zero-order chi connectivity index (χ0) is 16.6. The first kappa shape index (κ1) is 15.4. The number of hydrogen-bond acceptors (Lipinski definition) is 6. The molecule has 24 heavy (non-hydrogen) atoms. The molecule has 1 aliphatic heterocycles. The molecular formula is C16H21N5O3. The zero-order valence-electron chi connectivity index (χ0n) is 13.3. The lowest BCUT2D eigenvalue weighted by Crippen LogP contribution is -2.34. The second-order valence-corrected chi connectivity index (χ2v) is 6.33. The Kier molecular flexibility index (Phi) is 3.87. The zero-order valence-corrected chi connectivity index (χ0v) is 13.3. The number of pyridine rings is 1. The molecule has 1 aliphatic carbocycles. The van der Waals surface area contributed by atoms with Gasteiger partial charge < -0.3 is 9.47 Å². The standard InChI is InChI=1S/C16H21N5O3/c17-20-21-15(22)9-14(19-21)12-1-2-13(18-10-12)11-3-5-16(6-4-11)23-7-8-24-16/h1-2,9-11,19-20H,3-8,17H2. The molecule has 1 saturated heterocycles. The molecule has 3 heterocycles. The smallest absolute Gasteiger partial charge is 0.287 e. The Balaban J connectivity index is 1.47. The van der Waals surface area contributed by atoms with E-state index in [1.54, 1.807) is 6.20 Å². The molecular weight excluding hydrogens is 310 g/mol. The number of nitrogens with zero attached hydrogens (tertiary/aromatic N) is 2. The van der Waals surface area contributed by atoms with Crippen LogP contribution in [0.2, 0.25) is 0 Å². The average molecular weight is 331 g/mol. The van der Waals surface area contributed by atoms with Crippen LogP contribution in [-0.4, -0.2) is 33.9 Å². The van der Waals surface area contributed by atoms with Crippen LogP contribution in [0, 0.1) is 0 Å². The average Bonchev–Trinajstić information content (AvgIpc) is 3.23. The van der Waals surface area contributed by atoms with Gasteiger partial charge in [-0.1, -0.05) is 0 Å². The molecule has 2 aliphatic rings. The Bertz CT molecular complexity index is 751. The van der Waals surface area contributed by atoms with E-state index < -0.39 is 0 Å². The van der Waals surface area contributed by atoms with Gasteiger partial charge in [0, 0.05) is 42.3 Å². The molecule has 0 radical (unpaired) electrons. The molecule has 0 unspecified atom stereocenters. The van der Waals surface area contributed by atoms with Crippen LogP contribution in [0.5, 0.6) is 0 Å². The largest absolute Gasteiger partial charge is 0.348 e. The van der Waals surface area contributed by atoms with Gasteiger partial charge in [0.15, 0.2) is 5.79 Å². The van der Waals surface area contributed by atoms with Crippen molar-refractivity contribution in [3.63, 3.8) is 0 Å². The maximum absolute atomic E-state index is 11.6. The van der Waals surface area contributed by atoms with Gasteiger partial charge in [-0.3, -0.25) is 14.9 Å². The van der Waals surface area contributed by atoms with Crippen molar-refractivity contribution in [3.05, 3.63) is 40.4 Å². The van der Waals surface area contributed by atoms with Gasteiger partial charge in [0.25, 0.3) is 5.56 Å². The molecule has 0 bridgehead atoms. The summed E-state index contributed by atoms with van der Waals surface area (Å²) in [5.74, 6) is 5.34. The van der Waals surface area contributed by atoms with E-state index in [1.165, 1.54) is 6.07 Å². The first-order chi connectivity index (χ1) is 11.7. The third-order valence-electron chi connectivity index (χ3n) is 4.93. The van der Waals surface area contributed by atoms with Crippen molar-refractivity contribution in [3.8, 4) is 11.3 Å². The number of nitrogen functional groups attached to an aromatic ring is 1. The Morgan fingerprint density at radius 2 is 2.04 bits per heavy atom. The van der Waals surface area contributed by atoms with Gasteiger partial charge in [0.05, 0.1) is 18.9 Å². The van der Waals surface area contributed by atoms with Gasteiger partial charge in [-0.05, 0) is 25.0 Å². The summed E-state index contributed by atoms with van der Waals surface area (Å²) in [5, 5.41) is 2.87. The molecule has 2 aromatic rings. The maximum atomic E-state index is 11.6. The summed E-state index contributed by atoms with van der Waals surface area (Å²) < 4.78 is 11.5. The number of rotatable bonds is 3. The number of H-pyrrole nitrogens is 1. The van der Waals surface area contributed by atoms with Crippen molar-refractivity contribution in [1.29, 1.82) is 0 Å². The molecule has 8 heteroatoms. The molecule has 4 rings (SSSR count). The quantitative estimate of drug-likeness (QED) is 0.573. The number of hydrogen-bond donors (Lipinski definition) is 3. The van der Waals surface area contributed by atoms with E-state index in [9.17, 15) is 4.79 Å². The molecule has 0 atom stereocenters. The van der Waals surface area contributed by atoms with Crippen molar-refractivity contribution < 1.29 is 9.47 Å². The van der Waals surface area contributed by atoms with Gasteiger partial charge in [-0.25, -0.2) is 11.4 Å². The predicted molar refractivity (Wildman–Crippen MR) is 87.7 cm³/mol. The van der Waals surface area contributed by atoms with Gasteiger partial charge in [-0.15, -0.1) is 4.79 Å². The van der Waals surface area contributed by atoms with Gasteiger partial charge >= 0.3 is 0 Å². The summed E-state index contributed by atoms with van der Waals surface area (Å²) in [6.45, 7) is 1.40. The SMILES string of the molecule is NNn1[nH]c(-c2ccc(C3CCC4(CC3)OCCO4)nc2)cc1=O. The highest BCUT2D eigenvalue weighted by molar-refractivity contribution is 5.57. The Morgan fingerprint density at radius 3 is 2.62 bits per heavy atom. The van der Waals surface area contributed by atoms with E-state index in [1.807, 2.05) is 12.1 Å². The van der Waals surface area contributed by atoms with Crippen molar-refractivity contribution in [2.24, 2.45) is 5.84 Å². The number of hydrazine groups is 1. The monoisotopic (exact) mass is 331 g/mol. The molecule has 4 N–H and O–H groups in total. The molecule has 0 aromatic carbocycles. The van der Waals surface area contributed by atoms with Gasteiger partial charge in [0.2, 0.25) is 0 Å². The van der Waals surface area contributed by atoms with Crippen LogP contribution in [-0.2, 0) is 9.47 Å². The first-order valence-corrected chi connectivity index (χ1v) is 8.22. The second-order valence-electron chi connectivity index (χ2n) is 6.33. The van der Waals surface area contributed by atoms with Gasteiger partial charge in [0.1, 0.15) is 0 Å². The van der Waals surface area contributed by atoms with E-state index in [0.29, 0.717) is 24.8 Å². The number of nitrogens with one attached hydrogen (secondary N) is 2. The molecule has 1 spiro atoms. The second kappa shape index (κ2) is 6.04. The molecule has 8 nitrogen and oxygen atoms in total. The van der Waals surface area contributed by atoms with Crippen LogP contribution < -0.4 is 16.9 Å². The van der Waals surface area contributed by atoms with Crippen molar-refractivity contribution in [1.82, 2.24) is 14.9 Å². The lowest BCUT2D eigenvalue weighted by molar-refractivity contribution is -0.178. The molecule has 2 fully saturated rings. The van der Waals surface area contributed by atoms with E-state index in [0.717, 1.165) is 41.7 Å². The number of ether oxygens (including phenoxy) is 2. The summed E-state index contributed by atoms with van der Waals surface area (Å²) in [6.07, 6.45) is 5.64. The van der Waals surface area contributed by atoms with Crippen LogP contribution in [0.1, 0.15) is 37.3 Å². The summed E-state index contributed by atoms with van der Waals surface area (Å²) in [6, 6.07) is 5.48. The highest BCUT2D eigenvalue weighted by Gasteiger charge is 2.40. The van der Waals surface area contributed by atoms with E-state index in [-0.39, 0.29) is 11.3 Å². The van der Waals surface area contributed by atoms with Crippen molar-refractivity contribution >= 4 is 0 Å². The molecule has 0 amide bonds. The van der Waals surface area contributed by atoms with Crippen LogP contribution in [0.3, 0.4) is 0 Å². The minimum atomic E-state index is -0.339. The predicted octanol–water partition coefficient (Wildman–Crippen LogP) is 1.06. The maximum Gasteiger partial charge on any atom is 0.287 e. The Morgan fingerprint density at radius 1 is 1.29 bits per heavy atom. The van der Waals surface area contributed by atoms with Crippen molar-refractivity contribution in [2.75, 3.05) is 18.7 Å². The number of aromatic nitrogens is 3. The van der Waals surface area contributed by atoms with Crippen LogP contribution in [0.4, 0.5) is 0 Å². The summed E-state index contributed by atoms with van der Waals surface area (Å²) >= 11 is 0. The minimum absolute atomic E-state index is 0.245. The normalized spacial score (nSPS) is 20.5. The summed E-state index contributed by atoms with van der Waals surface area (Å²) in [7, 11) is 0. The fraction of sp³-hybridized carbons (Fsp3) is 0.500. The van der Waals surface area contributed by atoms with Gasteiger partial charge in [-0.2, -0.15) is 0 Å². The van der Waals surface area contributed by atoms with E-state index in [4.69, 9.17) is 15.3 Å². The van der Waals surface area contributed by atoms with E-state index in [2.05, 4.69) is 15.6 Å². The molecule has 2 aromatic heterocycles. The van der Waals surface area contributed by atoms with E-state index >= 15 is 0 Å². The Labute approximate surface area is 138 Å². The topological polar surface area (TPSA) is 107 Å². The highest BCUT2D eigenvalue weighted by atomic mass is 16.7. The molecule has 128 valence electrons. The third-order valence-corrected chi connectivity index (χ3v) is 4.93. The summed E-state index contributed by atoms with van der Waals surface area (Å²) in [4.78, 5) is 17.3. The van der Waals surface area contributed by atoms with Crippen LogP contribution >= 0.6 is 0 Å². The summed E-state index contributed by atoms with van der Waals surface area (Å²) in [5.41, 5.74) is 4.63. The first-order valence-electron chi connectivity index (χ1n) is 8.22. The number of aromatic amines is 1.